The fraction of sp³-hybridized carbons (Fsp3) is 0. The first-order chi connectivity index (χ1) is 35.9. The van der Waals surface area contributed by atoms with Gasteiger partial charge in [-0.15, -0.1) is 24.3 Å². The standard InChI is InChI=1S/2C27H17F2N2.C6H4N5.Ir/c2*28-22-11-15-24(16-12-22)30-19-31(25-17-13-23(29)14-18-25)27(21-9-5-2-6-10-21)26(30)20-7-3-1-4-8-20;1-2-4-7-5(3-1)6-8-10-11-9-6;/h2*1-17H;1-4H;/q3*-1;. The van der Waals surface area contributed by atoms with Crippen molar-refractivity contribution in [2.24, 2.45) is 0 Å². The van der Waals surface area contributed by atoms with Gasteiger partial charge in [0.1, 0.15) is 11.6 Å². The molecule has 0 aliphatic carbocycles. The van der Waals surface area contributed by atoms with E-state index in [-0.39, 0.29) is 43.4 Å². The zero-order valence-corrected chi connectivity index (χ0v) is 41.2. The second-order valence-corrected chi connectivity index (χ2v) is 16.1. The second-order valence-electron chi connectivity index (χ2n) is 16.1. The van der Waals surface area contributed by atoms with Crippen molar-refractivity contribution in [3.8, 4) is 79.3 Å². The van der Waals surface area contributed by atoms with Crippen LogP contribution in [-0.4, -0.2) is 29.6 Å². The van der Waals surface area contributed by atoms with Gasteiger partial charge in [-0.2, -0.15) is 29.5 Å². The number of tetrazole rings is 1. The Morgan fingerprint density at radius 1 is 0.419 bits per heavy atom. The van der Waals surface area contributed by atoms with Crippen LogP contribution in [0.5, 0.6) is 0 Å². The summed E-state index contributed by atoms with van der Waals surface area (Å²) in [5.41, 5.74) is 10.9. The van der Waals surface area contributed by atoms with Crippen LogP contribution in [0.2, 0.25) is 0 Å². The van der Waals surface area contributed by atoms with E-state index in [0.717, 1.165) is 56.4 Å². The molecule has 0 unspecified atom stereocenters. The summed E-state index contributed by atoms with van der Waals surface area (Å²) in [6, 6.07) is 72.6. The molecule has 1 radical (unpaired) electrons. The number of rotatable bonds is 9. The summed E-state index contributed by atoms with van der Waals surface area (Å²) in [7, 11) is 0. The van der Waals surface area contributed by atoms with E-state index in [2.05, 4.69) is 50.4 Å². The number of nitrogens with zero attached hydrogens (tertiary/aromatic N) is 9. The molecule has 0 atom stereocenters. The Kier molecular flexibility index (Phi) is 15.7. The molecule has 0 saturated heterocycles. The minimum absolute atomic E-state index is 0. The van der Waals surface area contributed by atoms with E-state index >= 15 is 0 Å². The van der Waals surface area contributed by atoms with Crippen molar-refractivity contribution in [3.05, 3.63) is 279 Å². The summed E-state index contributed by atoms with van der Waals surface area (Å²) < 4.78 is 61.9. The third kappa shape index (κ3) is 11.3. The van der Waals surface area contributed by atoms with Crippen LogP contribution < -0.4 is 14.2 Å². The molecule has 0 amide bonds. The van der Waals surface area contributed by atoms with Crippen molar-refractivity contribution in [1.29, 1.82) is 0 Å². The van der Waals surface area contributed by atoms with Gasteiger partial charge in [0, 0.05) is 37.9 Å². The van der Waals surface area contributed by atoms with Crippen molar-refractivity contribution in [2.75, 3.05) is 0 Å². The van der Waals surface area contributed by atoms with Gasteiger partial charge in [0.25, 0.3) is 12.7 Å². The quantitative estimate of drug-likeness (QED) is 0.0817. The third-order valence-electron chi connectivity index (χ3n) is 11.3. The van der Waals surface area contributed by atoms with Crippen LogP contribution in [0.1, 0.15) is 0 Å². The van der Waals surface area contributed by atoms with Gasteiger partial charge in [-0.3, -0.25) is 33.2 Å². The number of hydrogen-bond acceptors (Lipinski definition) is 4. The van der Waals surface area contributed by atoms with E-state index < -0.39 is 0 Å². The van der Waals surface area contributed by atoms with Crippen molar-refractivity contribution in [1.82, 2.24) is 34.7 Å². The van der Waals surface area contributed by atoms with Gasteiger partial charge in [0.2, 0.25) is 0 Å². The van der Waals surface area contributed by atoms with Crippen molar-refractivity contribution < 1.29 is 46.8 Å². The van der Waals surface area contributed by atoms with Crippen LogP contribution in [0.4, 0.5) is 17.6 Å². The molecule has 0 fully saturated rings. The maximum absolute atomic E-state index is 13.6. The number of imidazole rings is 2. The summed E-state index contributed by atoms with van der Waals surface area (Å²) >= 11 is 0. The molecule has 8 aromatic carbocycles. The van der Waals surface area contributed by atoms with E-state index in [0.29, 0.717) is 22.9 Å². The first kappa shape index (κ1) is 49.7. The fourth-order valence-corrected chi connectivity index (χ4v) is 7.99. The molecule has 12 rings (SSSR count). The topological polar surface area (TPSA) is 83.3 Å². The SMILES string of the molecule is Fc1c[c-]c(-n2[c-][n+](-c3ccc(F)cc3)c(-c3ccccc3)c2-c2ccccc2)cc1.Fc1c[c-]c(-n2[c-][n+](-c3ccc(F)cc3)c(-c3ccccc3)c2-c2ccccc2)cc1.[Ir].c1ccc(-c2nnn[n-]2)nc1. The first-order valence-electron chi connectivity index (χ1n) is 22.8. The maximum atomic E-state index is 13.6. The smallest absolute Gasteiger partial charge is 0.268 e. The zero-order chi connectivity index (χ0) is 49.9. The Morgan fingerprint density at radius 3 is 1.16 bits per heavy atom. The molecule has 0 N–H and O–H groups in total. The fourth-order valence-electron chi connectivity index (χ4n) is 7.99. The van der Waals surface area contributed by atoms with Gasteiger partial charge in [0.05, 0.1) is 45.7 Å². The van der Waals surface area contributed by atoms with E-state index in [9.17, 15) is 17.6 Å². The summed E-state index contributed by atoms with van der Waals surface area (Å²) in [5, 5.41) is 14.0. The summed E-state index contributed by atoms with van der Waals surface area (Å²) in [6.07, 6.45) is 8.42. The molecule has 0 aliphatic heterocycles. The van der Waals surface area contributed by atoms with Gasteiger partial charge in [-0.25, -0.2) is 8.78 Å². The number of aromatic nitrogens is 9. The number of benzene rings is 8. The molecule has 12 aromatic rings. The normalized spacial score (nSPS) is 10.6. The van der Waals surface area contributed by atoms with Crippen LogP contribution in [-0.2, 0) is 20.1 Å². The van der Waals surface area contributed by atoms with E-state index in [4.69, 9.17) is 0 Å². The van der Waals surface area contributed by atoms with Gasteiger partial charge in [-0.1, -0.05) is 127 Å². The van der Waals surface area contributed by atoms with Gasteiger partial charge < -0.3 is 14.2 Å². The molecule has 74 heavy (non-hydrogen) atoms. The van der Waals surface area contributed by atoms with E-state index in [1.54, 1.807) is 48.7 Å². The Morgan fingerprint density at radius 2 is 0.811 bits per heavy atom. The van der Waals surface area contributed by atoms with Crippen LogP contribution in [0.25, 0.3) is 79.3 Å². The Bertz CT molecular complexity index is 3240. The Balaban J connectivity index is 0.000000149. The van der Waals surface area contributed by atoms with Gasteiger partial charge in [0.15, 0.2) is 0 Å². The summed E-state index contributed by atoms with van der Waals surface area (Å²) in [4.78, 5) is 4.02. The molecule has 0 aliphatic rings. The molecular weight excluding hydrogens is 1110 g/mol. The van der Waals surface area contributed by atoms with Crippen molar-refractivity contribution >= 4 is 0 Å². The second kappa shape index (κ2) is 23.3. The third-order valence-corrected chi connectivity index (χ3v) is 11.3. The van der Waals surface area contributed by atoms with Crippen LogP contribution in [0.3, 0.4) is 0 Å². The minimum atomic E-state index is -0.355. The molecule has 363 valence electrons. The van der Waals surface area contributed by atoms with Gasteiger partial charge in [-0.05, 0) is 94.3 Å². The average Bonchev–Trinajstić information content (AvgIpc) is 4.24. The predicted octanol–water partition coefficient (Wildman–Crippen LogP) is 11.8. The van der Waals surface area contributed by atoms with E-state index in [1.165, 1.54) is 48.5 Å². The van der Waals surface area contributed by atoms with Gasteiger partial charge >= 0.3 is 0 Å². The van der Waals surface area contributed by atoms with Crippen LogP contribution in [0, 0.1) is 48.1 Å². The maximum Gasteiger partial charge on any atom is 0.268 e. The Labute approximate surface area is 437 Å². The predicted molar refractivity (Wildman–Crippen MR) is 268 cm³/mol. The number of halogens is 4. The molecule has 0 bridgehead atoms. The number of pyridine rings is 1. The molecule has 4 heterocycles. The first-order valence-corrected chi connectivity index (χ1v) is 22.8. The molecule has 4 aromatic heterocycles. The molecule has 0 saturated carbocycles. The minimum Gasteiger partial charge on any atom is -0.329 e. The summed E-state index contributed by atoms with van der Waals surface area (Å²) in [5.74, 6) is -0.857. The average molecular weight is 1150 g/mol. The van der Waals surface area contributed by atoms with Crippen LogP contribution >= 0.6 is 0 Å². The van der Waals surface area contributed by atoms with Crippen LogP contribution in [0.15, 0.2) is 231 Å². The van der Waals surface area contributed by atoms with E-state index in [1.807, 2.05) is 152 Å². The largest absolute Gasteiger partial charge is 0.329 e. The summed E-state index contributed by atoms with van der Waals surface area (Å²) in [6.45, 7) is 0. The molecular formula is C60H38F4IrN9-3. The number of hydrogen-bond donors (Lipinski definition) is 0. The monoisotopic (exact) mass is 1150 g/mol. The molecule has 9 nitrogen and oxygen atoms in total. The van der Waals surface area contributed by atoms with Crippen molar-refractivity contribution in [3.63, 3.8) is 0 Å². The van der Waals surface area contributed by atoms with Crippen molar-refractivity contribution in [2.45, 2.75) is 0 Å². The molecule has 14 heteroatoms. The Hall–Kier alpha value is -9.23. The molecule has 0 spiro atoms. The zero-order valence-electron chi connectivity index (χ0n) is 38.8.